The largest absolute Gasteiger partial charge is 0.496 e. The fraction of sp³-hybridized carbons (Fsp3) is 0.522. The van der Waals surface area contributed by atoms with Gasteiger partial charge in [0.2, 0.25) is 11.8 Å². The molecule has 6 heterocycles. The van der Waals surface area contributed by atoms with Crippen LogP contribution in [0.25, 0.3) is 11.1 Å². The first-order chi connectivity index (χ1) is 30.3. The third-order valence-electron chi connectivity index (χ3n) is 13.1. The van der Waals surface area contributed by atoms with Crippen LogP contribution in [0.5, 0.6) is 11.5 Å². The van der Waals surface area contributed by atoms with Gasteiger partial charge >= 0.3 is 6.03 Å². The van der Waals surface area contributed by atoms with Crippen LogP contribution in [0.1, 0.15) is 75.9 Å². The van der Waals surface area contributed by atoms with E-state index in [-0.39, 0.29) is 54.3 Å². The molecule has 1 aromatic heterocycles. The summed E-state index contributed by atoms with van der Waals surface area (Å²) < 4.78 is 19.7. The molecule has 5 aliphatic rings. The molecule has 336 valence electrons. The van der Waals surface area contributed by atoms with Gasteiger partial charge in [0.05, 0.1) is 49.7 Å². The fourth-order valence-corrected chi connectivity index (χ4v) is 9.71. The Morgan fingerprint density at radius 2 is 1.48 bits per heavy atom. The van der Waals surface area contributed by atoms with E-state index in [1.54, 1.807) is 42.9 Å². The summed E-state index contributed by atoms with van der Waals surface area (Å²) in [6, 6.07) is 8.08. The Balaban J connectivity index is 0.782. The van der Waals surface area contributed by atoms with Crippen molar-refractivity contribution < 1.29 is 38.2 Å². The van der Waals surface area contributed by atoms with E-state index in [2.05, 4.69) is 25.3 Å². The lowest BCUT2D eigenvalue weighted by atomic mass is 9.91. The average Bonchev–Trinajstić information content (AvgIpc) is 3.53. The highest BCUT2D eigenvalue weighted by Gasteiger charge is 2.45. The van der Waals surface area contributed by atoms with Gasteiger partial charge in [-0.1, -0.05) is 0 Å². The van der Waals surface area contributed by atoms with Gasteiger partial charge in [0, 0.05) is 88.8 Å². The van der Waals surface area contributed by atoms with E-state index in [1.165, 1.54) is 0 Å². The van der Waals surface area contributed by atoms with Crippen LogP contribution in [0.2, 0.25) is 0 Å². The van der Waals surface area contributed by atoms with Crippen molar-refractivity contribution in [1.82, 2.24) is 34.8 Å². The molecule has 2 N–H and O–H groups in total. The van der Waals surface area contributed by atoms with Gasteiger partial charge in [0.25, 0.3) is 17.4 Å². The average molecular weight is 867 g/mol. The summed E-state index contributed by atoms with van der Waals surface area (Å²) in [7, 11) is 9.02. The van der Waals surface area contributed by atoms with Crippen LogP contribution in [0.15, 0.2) is 41.3 Å². The molecule has 0 aliphatic carbocycles. The first-order valence-corrected chi connectivity index (χ1v) is 22.0. The van der Waals surface area contributed by atoms with Crippen molar-refractivity contribution in [2.45, 2.75) is 76.3 Å². The van der Waals surface area contributed by atoms with Gasteiger partial charge < -0.3 is 43.7 Å². The zero-order valence-electron chi connectivity index (χ0n) is 36.9. The number of anilines is 1. The first-order valence-electron chi connectivity index (χ1n) is 22.0. The number of carbonyl (C=O) groups excluding carboxylic acids is 5. The van der Waals surface area contributed by atoms with Gasteiger partial charge in [0.15, 0.2) is 0 Å². The van der Waals surface area contributed by atoms with Crippen LogP contribution in [0.4, 0.5) is 10.5 Å². The van der Waals surface area contributed by atoms with Crippen molar-refractivity contribution >= 4 is 35.3 Å². The molecule has 0 radical (unpaired) electrons. The second-order valence-corrected chi connectivity index (χ2v) is 17.5. The standard InChI is InChI=1S/C46H58N8O9/c1-49(2)25-37-39(61-4)22-28(23-40(37)62-5)35-26-50(3)43(57)36-27-53(20-14-32(35)36)46(60)47-15-21-51-16-10-30(11-17-51)63-31-12-18-52(19-13-31)29-6-7-33-34(24-29)45(59)54(44(33)58)38-8-9-41(55)48-42(38)56/h6-7,22-24,26,30-31,38H,8-21,25,27H2,1-5H3,(H,47,60)(H,48,55,56). The number of piperidine rings is 3. The van der Waals surface area contributed by atoms with E-state index in [0.717, 1.165) is 91.2 Å². The summed E-state index contributed by atoms with van der Waals surface area (Å²) in [4.78, 5) is 86.7. The number of nitrogens with zero attached hydrogens (tertiary/aromatic N) is 6. The van der Waals surface area contributed by atoms with Gasteiger partial charge in [-0.25, -0.2) is 4.79 Å². The smallest absolute Gasteiger partial charge is 0.317 e. The van der Waals surface area contributed by atoms with Crippen LogP contribution in [-0.2, 0) is 40.9 Å². The molecule has 1 unspecified atom stereocenters. The maximum Gasteiger partial charge on any atom is 0.317 e. The summed E-state index contributed by atoms with van der Waals surface area (Å²) in [6.45, 7) is 5.83. The second kappa shape index (κ2) is 18.5. The Bertz CT molecular complexity index is 2320. The predicted octanol–water partition coefficient (Wildman–Crippen LogP) is 2.75. The molecule has 17 heteroatoms. The Morgan fingerprint density at radius 1 is 0.810 bits per heavy atom. The van der Waals surface area contributed by atoms with Crippen LogP contribution in [0, 0.1) is 0 Å². The minimum Gasteiger partial charge on any atom is -0.496 e. The highest BCUT2D eigenvalue weighted by atomic mass is 16.5. The van der Waals surface area contributed by atoms with Crippen molar-refractivity contribution in [1.29, 1.82) is 0 Å². The number of likely N-dealkylation sites (tertiary alicyclic amines) is 1. The van der Waals surface area contributed by atoms with Crippen molar-refractivity contribution in [2.24, 2.45) is 7.05 Å². The monoisotopic (exact) mass is 866 g/mol. The molecular formula is C46H58N8O9. The van der Waals surface area contributed by atoms with Gasteiger partial charge in [-0.3, -0.25) is 34.2 Å². The SMILES string of the molecule is COc1cc(-c2cn(C)c(=O)c3c2CCN(C(=O)NCCN2CCC(OC4CCN(c5ccc6c(c5)C(=O)N(C5CCC(=O)NC5=O)C6=O)CC4)CC2)C3)cc(OC)c1CN(C)C. The van der Waals surface area contributed by atoms with Gasteiger partial charge in [-0.2, -0.15) is 0 Å². The Hall–Kier alpha value is -5.78. The minimum atomic E-state index is -0.988. The van der Waals surface area contributed by atoms with E-state index >= 15 is 0 Å². The molecule has 5 aliphatic heterocycles. The number of benzene rings is 2. The first kappa shape index (κ1) is 43.9. The number of rotatable bonds is 12. The van der Waals surface area contributed by atoms with Crippen LogP contribution < -0.4 is 30.6 Å². The fourth-order valence-electron chi connectivity index (χ4n) is 9.71. The molecule has 3 aromatic rings. The van der Waals surface area contributed by atoms with E-state index in [0.29, 0.717) is 43.1 Å². The lowest BCUT2D eigenvalue weighted by Gasteiger charge is -2.38. The number of methoxy groups -OCH3 is 2. The maximum absolute atomic E-state index is 13.4. The number of aromatic nitrogens is 1. The van der Waals surface area contributed by atoms with E-state index < -0.39 is 29.7 Å². The number of pyridine rings is 1. The zero-order chi connectivity index (χ0) is 44.5. The van der Waals surface area contributed by atoms with Gasteiger partial charge in [0.1, 0.15) is 17.5 Å². The number of imide groups is 2. The molecule has 3 fully saturated rings. The van der Waals surface area contributed by atoms with Crippen LogP contribution in [-0.4, -0.2) is 146 Å². The number of aryl methyl sites for hydroxylation is 1. The van der Waals surface area contributed by atoms with Gasteiger partial charge in [-0.15, -0.1) is 0 Å². The third-order valence-corrected chi connectivity index (χ3v) is 13.1. The summed E-state index contributed by atoms with van der Waals surface area (Å²) in [5.74, 6) is -0.602. The molecule has 3 saturated heterocycles. The summed E-state index contributed by atoms with van der Waals surface area (Å²) in [6.07, 6.45) is 6.38. The summed E-state index contributed by atoms with van der Waals surface area (Å²) in [5, 5.41) is 5.33. The van der Waals surface area contributed by atoms with Crippen LogP contribution >= 0.6 is 0 Å². The van der Waals surface area contributed by atoms with Crippen LogP contribution in [0.3, 0.4) is 0 Å². The van der Waals surface area contributed by atoms with Crippen molar-refractivity contribution in [2.75, 3.05) is 79.0 Å². The molecular weight excluding hydrogens is 809 g/mol. The van der Waals surface area contributed by atoms with E-state index in [1.807, 2.05) is 38.5 Å². The van der Waals surface area contributed by atoms with Crippen molar-refractivity contribution in [3.8, 4) is 22.6 Å². The summed E-state index contributed by atoms with van der Waals surface area (Å²) in [5.41, 5.74) is 5.63. The summed E-state index contributed by atoms with van der Waals surface area (Å²) >= 11 is 0. The highest BCUT2D eigenvalue weighted by molar-refractivity contribution is 6.23. The lowest BCUT2D eigenvalue weighted by Crippen LogP contribution is -2.54. The zero-order valence-corrected chi connectivity index (χ0v) is 36.9. The number of amides is 6. The molecule has 0 bridgehead atoms. The molecule has 63 heavy (non-hydrogen) atoms. The molecule has 6 amide bonds. The maximum atomic E-state index is 13.4. The topological polar surface area (TPSA) is 175 Å². The number of fused-ring (bicyclic) bond motifs is 2. The number of hydrogen-bond acceptors (Lipinski definition) is 12. The molecule has 2 aromatic carbocycles. The highest BCUT2D eigenvalue weighted by Crippen LogP contribution is 2.38. The Kier molecular flexibility index (Phi) is 12.9. The Morgan fingerprint density at radius 3 is 2.13 bits per heavy atom. The van der Waals surface area contributed by atoms with Crippen molar-refractivity contribution in [3.05, 3.63) is 74.7 Å². The number of carbonyl (C=O) groups is 5. The quantitative estimate of drug-likeness (QED) is 0.255. The van der Waals surface area contributed by atoms with Crippen molar-refractivity contribution in [3.63, 3.8) is 0 Å². The number of hydrogen-bond donors (Lipinski definition) is 2. The lowest BCUT2D eigenvalue weighted by molar-refractivity contribution is -0.136. The second-order valence-electron chi connectivity index (χ2n) is 17.5. The van der Waals surface area contributed by atoms with Gasteiger partial charge in [-0.05, 0) is 94.1 Å². The Labute approximate surface area is 367 Å². The molecule has 8 rings (SSSR count). The third kappa shape index (κ3) is 9.04. The van der Waals surface area contributed by atoms with E-state index in [9.17, 15) is 28.8 Å². The van der Waals surface area contributed by atoms with E-state index in [4.69, 9.17) is 14.2 Å². The number of urea groups is 1. The molecule has 0 saturated carbocycles. The molecule has 1 atom stereocenters. The normalized spacial score (nSPS) is 20.0. The predicted molar refractivity (Wildman–Crippen MR) is 234 cm³/mol. The number of ether oxygens (including phenoxy) is 3. The molecule has 17 nitrogen and oxygen atoms in total. The molecule has 0 spiro atoms. The number of nitrogens with one attached hydrogen (secondary N) is 2. The minimum absolute atomic E-state index is 0.0807.